The Kier molecular flexibility index (Phi) is 7.94. The summed E-state index contributed by atoms with van der Waals surface area (Å²) in [6, 6.07) is 23.4. The number of carbonyl (C=O) groups is 2. The number of hydrogen-bond acceptors (Lipinski definition) is 7. The fourth-order valence-corrected chi connectivity index (χ4v) is 6.33. The fraction of sp³-hybridized carbons (Fsp3) is 0.214. The third kappa shape index (κ3) is 5.45. The number of rotatable bonds is 7. The zero-order chi connectivity index (χ0) is 25.8. The van der Waals surface area contributed by atoms with Gasteiger partial charge in [-0.3, -0.25) is 10.1 Å². The molecular weight excluding hydrogens is 617 g/mol. The van der Waals surface area contributed by atoms with Gasteiger partial charge in [0.25, 0.3) is 5.91 Å². The lowest BCUT2D eigenvalue weighted by atomic mass is 9.92. The Morgan fingerprint density at radius 2 is 1.78 bits per heavy atom. The van der Waals surface area contributed by atoms with Gasteiger partial charge in [-0.2, -0.15) is 0 Å². The van der Waals surface area contributed by atoms with Crippen LogP contribution >= 0.6 is 45.3 Å². The van der Waals surface area contributed by atoms with Crippen LogP contribution in [0, 0.1) is 3.57 Å². The Labute approximate surface area is 237 Å². The van der Waals surface area contributed by atoms with E-state index < -0.39 is 5.72 Å². The van der Waals surface area contributed by atoms with Crippen molar-refractivity contribution in [3.05, 3.63) is 108 Å². The molecule has 9 heteroatoms. The van der Waals surface area contributed by atoms with E-state index in [0.717, 1.165) is 26.8 Å². The summed E-state index contributed by atoms with van der Waals surface area (Å²) in [6.07, 6.45) is 0.718. The molecule has 2 N–H and O–H groups in total. The molecule has 0 aliphatic carbocycles. The molecule has 37 heavy (non-hydrogen) atoms. The summed E-state index contributed by atoms with van der Waals surface area (Å²) < 4.78 is 7.46. The number of carbonyl (C=O) groups excluding carboxylic acids is 2. The van der Waals surface area contributed by atoms with Gasteiger partial charge in [0.05, 0.1) is 4.88 Å². The summed E-state index contributed by atoms with van der Waals surface area (Å²) in [5.41, 5.74) is 1.52. The molecule has 2 unspecified atom stereocenters. The van der Waals surface area contributed by atoms with Gasteiger partial charge >= 0.3 is 5.97 Å². The molecule has 6 nitrogen and oxygen atoms in total. The maximum Gasteiger partial charge on any atom is 0.350 e. The van der Waals surface area contributed by atoms with E-state index in [0.29, 0.717) is 22.8 Å². The van der Waals surface area contributed by atoms with Crippen molar-refractivity contribution < 1.29 is 14.3 Å². The van der Waals surface area contributed by atoms with Gasteiger partial charge in [0.2, 0.25) is 5.72 Å². The number of anilines is 1. The average molecular weight is 644 g/mol. The minimum absolute atomic E-state index is 0.0495. The van der Waals surface area contributed by atoms with E-state index in [1.165, 1.54) is 22.7 Å². The number of hydrogen-bond donors (Lipinski definition) is 2. The largest absolute Gasteiger partial charge is 0.431 e. The van der Waals surface area contributed by atoms with Crippen LogP contribution in [0.3, 0.4) is 0 Å². The minimum atomic E-state index is -1.18. The Hall–Kier alpha value is -2.73. The summed E-state index contributed by atoms with van der Waals surface area (Å²) in [5, 5.41) is 10.5. The van der Waals surface area contributed by atoms with Crippen LogP contribution in [-0.4, -0.2) is 38.1 Å². The molecule has 190 valence electrons. The highest BCUT2D eigenvalue weighted by atomic mass is 127. The predicted molar refractivity (Wildman–Crippen MR) is 158 cm³/mol. The second-order valence-electron chi connectivity index (χ2n) is 8.74. The first-order valence-corrected chi connectivity index (χ1v) is 14.7. The highest BCUT2D eigenvalue weighted by Crippen LogP contribution is 2.41. The molecule has 4 aromatic rings. The molecular formula is C28H26IN3O3S2. The van der Waals surface area contributed by atoms with Crippen LogP contribution in [0.15, 0.2) is 83.6 Å². The molecule has 0 bridgehead atoms. The molecule has 5 rings (SSSR count). The van der Waals surface area contributed by atoms with Gasteiger partial charge in [-0.05, 0) is 70.1 Å². The van der Waals surface area contributed by atoms with Crippen LogP contribution in [0.1, 0.15) is 36.9 Å². The Bertz CT molecular complexity index is 1360. The number of nitrogens with zero attached hydrogens (tertiary/aromatic N) is 1. The molecule has 0 spiro atoms. The van der Waals surface area contributed by atoms with E-state index in [1.807, 2.05) is 59.3 Å². The number of amides is 1. The number of ether oxygens (including phenoxy) is 1. The smallest absolute Gasteiger partial charge is 0.350 e. The van der Waals surface area contributed by atoms with Crippen molar-refractivity contribution in [1.29, 1.82) is 0 Å². The molecule has 1 aliphatic rings. The van der Waals surface area contributed by atoms with Crippen molar-refractivity contribution in [1.82, 2.24) is 10.6 Å². The van der Waals surface area contributed by atoms with E-state index in [4.69, 9.17) is 4.74 Å². The number of thiophene rings is 2. The first-order chi connectivity index (χ1) is 18.0. The normalized spacial score (nSPS) is 19.1. The topological polar surface area (TPSA) is 70.7 Å². The van der Waals surface area contributed by atoms with E-state index >= 15 is 0 Å². The van der Waals surface area contributed by atoms with Gasteiger partial charge in [0, 0.05) is 46.6 Å². The van der Waals surface area contributed by atoms with Crippen LogP contribution in [0.4, 0.5) is 5.69 Å². The summed E-state index contributed by atoms with van der Waals surface area (Å²) in [4.78, 5) is 29.3. The van der Waals surface area contributed by atoms with E-state index in [2.05, 4.69) is 63.4 Å². The number of nitrogens with one attached hydrogen (secondary N) is 2. The Morgan fingerprint density at radius 3 is 2.49 bits per heavy atom. The molecule has 0 radical (unpaired) electrons. The van der Waals surface area contributed by atoms with Crippen molar-refractivity contribution >= 4 is 62.8 Å². The summed E-state index contributed by atoms with van der Waals surface area (Å²) in [6.45, 7) is 1.07. The third-order valence-corrected chi connectivity index (χ3v) is 8.90. The van der Waals surface area contributed by atoms with Gasteiger partial charge in [0.1, 0.15) is 4.88 Å². The first-order valence-electron chi connectivity index (χ1n) is 11.9. The lowest BCUT2D eigenvalue weighted by molar-refractivity contribution is -0.0167. The molecule has 2 atom stereocenters. The van der Waals surface area contributed by atoms with Crippen molar-refractivity contribution in [2.24, 2.45) is 0 Å². The van der Waals surface area contributed by atoms with Crippen LogP contribution in [-0.2, 0) is 10.5 Å². The monoisotopic (exact) mass is 643 g/mol. The average Bonchev–Trinajstić information content (AvgIpc) is 3.63. The Morgan fingerprint density at radius 1 is 1.05 bits per heavy atom. The molecule has 1 aliphatic heterocycles. The minimum Gasteiger partial charge on any atom is -0.431 e. The number of esters is 1. The number of halogens is 1. The number of benzene rings is 2. The quantitative estimate of drug-likeness (QED) is 0.200. The second-order valence-corrected chi connectivity index (χ2v) is 11.9. The molecule has 1 amide bonds. The molecule has 2 aromatic carbocycles. The van der Waals surface area contributed by atoms with Crippen molar-refractivity contribution in [3.8, 4) is 0 Å². The molecule has 0 saturated heterocycles. The zero-order valence-corrected chi connectivity index (χ0v) is 23.9. The van der Waals surface area contributed by atoms with Crippen molar-refractivity contribution in [2.75, 3.05) is 25.0 Å². The molecule has 0 saturated carbocycles. The molecule has 3 heterocycles. The standard InChI is InChI=1S/C28H26IN3O3S2/c1-32-21(13-14-30-26(33)24-9-5-15-36-24)18-31-28(19-7-3-2-4-8-19,22-17-20(29)11-12-23(22)32)35-27(34)25-10-6-16-37-25/h2-12,15-17,21,31H,13-14,18H2,1H3,(H,30,33). The number of likely N-dealkylation sites (N-methyl/N-ethyl adjacent to an activating group) is 1. The Balaban J connectivity index is 1.49. The van der Waals surface area contributed by atoms with E-state index in [9.17, 15) is 9.59 Å². The van der Waals surface area contributed by atoms with Crippen LogP contribution < -0.4 is 15.5 Å². The maximum absolute atomic E-state index is 13.4. The maximum atomic E-state index is 13.4. The highest BCUT2D eigenvalue weighted by molar-refractivity contribution is 14.1. The van der Waals surface area contributed by atoms with Gasteiger partial charge in [-0.1, -0.05) is 42.5 Å². The number of fused-ring (bicyclic) bond motifs is 1. The first kappa shape index (κ1) is 25.9. The second kappa shape index (κ2) is 11.3. The van der Waals surface area contributed by atoms with Gasteiger partial charge in [-0.15, -0.1) is 22.7 Å². The van der Waals surface area contributed by atoms with Gasteiger partial charge in [-0.25, -0.2) is 4.79 Å². The van der Waals surface area contributed by atoms with Gasteiger partial charge in [0.15, 0.2) is 0 Å². The van der Waals surface area contributed by atoms with Crippen LogP contribution in [0.5, 0.6) is 0 Å². The van der Waals surface area contributed by atoms with Crippen molar-refractivity contribution in [2.45, 2.75) is 18.2 Å². The fourth-order valence-electron chi connectivity index (χ4n) is 4.60. The van der Waals surface area contributed by atoms with Crippen LogP contribution in [0.2, 0.25) is 0 Å². The van der Waals surface area contributed by atoms with Crippen LogP contribution in [0.25, 0.3) is 0 Å². The van der Waals surface area contributed by atoms with E-state index in [-0.39, 0.29) is 17.9 Å². The lowest BCUT2D eigenvalue weighted by Crippen LogP contribution is -2.49. The summed E-state index contributed by atoms with van der Waals surface area (Å²) in [7, 11) is 2.06. The van der Waals surface area contributed by atoms with E-state index in [1.54, 1.807) is 6.07 Å². The zero-order valence-electron chi connectivity index (χ0n) is 20.1. The predicted octanol–water partition coefficient (Wildman–Crippen LogP) is 5.70. The summed E-state index contributed by atoms with van der Waals surface area (Å²) in [5.74, 6) is -0.432. The SMILES string of the molecule is CN1c2ccc(I)cc2C(OC(=O)c2cccs2)(c2ccccc2)NCC1CCNC(=O)c1cccs1. The highest BCUT2D eigenvalue weighted by Gasteiger charge is 2.44. The molecule has 2 aromatic heterocycles. The van der Waals surface area contributed by atoms with Crippen molar-refractivity contribution in [3.63, 3.8) is 0 Å². The third-order valence-electron chi connectivity index (χ3n) is 6.51. The van der Waals surface area contributed by atoms with Gasteiger partial charge < -0.3 is 15.0 Å². The lowest BCUT2D eigenvalue weighted by Gasteiger charge is -2.35. The molecule has 0 fully saturated rings. The summed E-state index contributed by atoms with van der Waals surface area (Å²) >= 11 is 5.09.